The maximum absolute atomic E-state index is 12.0. The number of carboxylic acids is 1. The third kappa shape index (κ3) is 5.46. The van der Waals surface area contributed by atoms with Crippen LogP contribution in [0.2, 0.25) is 0 Å². The summed E-state index contributed by atoms with van der Waals surface area (Å²) in [7, 11) is 0. The van der Waals surface area contributed by atoms with E-state index in [9.17, 15) is 25.2 Å². The minimum Gasteiger partial charge on any atom is -0.476 e. The number of rotatable bonds is 8. The van der Waals surface area contributed by atoms with Crippen molar-refractivity contribution in [3.8, 4) is 0 Å². The molecule has 1 aliphatic carbocycles. The molecule has 1 saturated heterocycles. The number of hydrogen-bond donors (Lipinski definition) is 5. The molecule has 8 heteroatoms. The van der Waals surface area contributed by atoms with E-state index in [1.165, 1.54) is 5.57 Å². The molecule has 6 unspecified atom stereocenters. The Labute approximate surface area is 170 Å². The first kappa shape index (κ1) is 23.6. The molecule has 0 spiro atoms. The van der Waals surface area contributed by atoms with Gasteiger partial charge in [-0.1, -0.05) is 25.2 Å². The minimum absolute atomic E-state index is 0.0379. The van der Waals surface area contributed by atoms with Crippen molar-refractivity contribution in [2.45, 2.75) is 76.2 Å². The predicted molar refractivity (Wildman–Crippen MR) is 105 cm³/mol. The van der Waals surface area contributed by atoms with Crippen molar-refractivity contribution < 1.29 is 39.8 Å². The highest BCUT2D eigenvalue weighted by Crippen LogP contribution is 2.37. The third-order valence-electron chi connectivity index (χ3n) is 5.74. The Hall–Kier alpha value is -1.71. The van der Waals surface area contributed by atoms with Gasteiger partial charge in [0.15, 0.2) is 0 Å². The third-order valence-corrected chi connectivity index (χ3v) is 5.74. The van der Waals surface area contributed by atoms with Gasteiger partial charge in [0, 0.05) is 5.92 Å². The number of hydrogen-bond acceptors (Lipinski definition) is 7. The summed E-state index contributed by atoms with van der Waals surface area (Å²) in [4.78, 5) is 12.0. The molecular weight excluding hydrogens is 380 g/mol. The van der Waals surface area contributed by atoms with E-state index in [4.69, 9.17) is 14.6 Å². The number of aliphatic hydroxyl groups excluding tert-OH is 4. The van der Waals surface area contributed by atoms with Gasteiger partial charge in [-0.15, -0.1) is 0 Å². The van der Waals surface area contributed by atoms with Crippen LogP contribution in [0.3, 0.4) is 0 Å². The van der Waals surface area contributed by atoms with Crippen LogP contribution in [-0.4, -0.2) is 68.3 Å². The summed E-state index contributed by atoms with van der Waals surface area (Å²) in [6.45, 7) is 6.62. The number of carboxylic acid groups (broad SMARTS) is 1. The predicted octanol–water partition coefficient (Wildman–Crippen LogP) is 1.24. The lowest BCUT2D eigenvalue weighted by Gasteiger charge is -2.45. The number of aliphatic carboxylic acids is 1. The average molecular weight is 412 g/mol. The molecule has 29 heavy (non-hydrogen) atoms. The summed E-state index contributed by atoms with van der Waals surface area (Å²) in [5, 5.41) is 49.2. The molecule has 0 saturated carbocycles. The Bertz CT molecular complexity index is 670. The van der Waals surface area contributed by atoms with E-state index in [0.717, 1.165) is 31.3 Å². The van der Waals surface area contributed by atoms with Crippen LogP contribution in [0, 0.1) is 5.92 Å². The van der Waals surface area contributed by atoms with Crippen LogP contribution in [0.4, 0.5) is 0 Å². The molecule has 164 valence electrons. The molecule has 0 aromatic heterocycles. The first-order valence-electron chi connectivity index (χ1n) is 9.92. The molecule has 1 aliphatic heterocycles. The fraction of sp³-hybridized carbons (Fsp3) is 0.667. The van der Waals surface area contributed by atoms with Crippen LogP contribution in [0.25, 0.3) is 0 Å². The summed E-state index contributed by atoms with van der Waals surface area (Å²) >= 11 is 0. The number of ether oxygens (including phenoxy) is 2. The van der Waals surface area contributed by atoms with Crippen molar-refractivity contribution in [3.05, 3.63) is 35.6 Å². The Morgan fingerprint density at radius 3 is 2.62 bits per heavy atom. The Morgan fingerprint density at radius 1 is 1.38 bits per heavy atom. The van der Waals surface area contributed by atoms with Gasteiger partial charge >= 0.3 is 11.8 Å². The standard InChI is InChI=1S/C21H32O8/c1-12-6-4-5-7-15(12)9-8-13(2)28-21(20(26)27)10-16(23)14(3)19(29-21)18(25)17(24)11-22/h8-9,14,16-19,22-25H,2,4-7,10-11H2,1,3H3,(H,26,27)/b9-8+. The van der Waals surface area contributed by atoms with Crippen molar-refractivity contribution in [1.82, 2.24) is 0 Å². The van der Waals surface area contributed by atoms with Crippen molar-refractivity contribution >= 4 is 5.97 Å². The average Bonchev–Trinajstić information content (AvgIpc) is 2.68. The highest BCUT2D eigenvalue weighted by molar-refractivity contribution is 5.76. The lowest BCUT2D eigenvalue weighted by molar-refractivity contribution is -0.306. The summed E-state index contributed by atoms with van der Waals surface area (Å²) in [5.41, 5.74) is 2.43. The molecule has 0 bridgehead atoms. The Morgan fingerprint density at radius 2 is 2.03 bits per heavy atom. The maximum atomic E-state index is 12.0. The van der Waals surface area contributed by atoms with Gasteiger partial charge in [-0.2, -0.15) is 0 Å². The summed E-state index contributed by atoms with van der Waals surface area (Å²) < 4.78 is 11.1. The van der Waals surface area contributed by atoms with E-state index in [-0.39, 0.29) is 12.2 Å². The zero-order valence-corrected chi connectivity index (χ0v) is 17.0. The molecule has 1 heterocycles. The number of allylic oxidation sites excluding steroid dienone is 4. The molecule has 6 atom stereocenters. The second-order valence-corrected chi connectivity index (χ2v) is 7.93. The van der Waals surface area contributed by atoms with Gasteiger partial charge < -0.3 is 35.0 Å². The molecule has 8 nitrogen and oxygen atoms in total. The maximum Gasteiger partial charge on any atom is 0.377 e. The lowest BCUT2D eigenvalue weighted by atomic mass is 9.84. The molecule has 2 rings (SSSR count). The van der Waals surface area contributed by atoms with Gasteiger partial charge in [-0.25, -0.2) is 4.79 Å². The van der Waals surface area contributed by atoms with Crippen molar-refractivity contribution in [2.75, 3.05) is 6.61 Å². The van der Waals surface area contributed by atoms with Gasteiger partial charge in [0.1, 0.15) is 18.0 Å². The second kappa shape index (κ2) is 9.86. The van der Waals surface area contributed by atoms with Crippen LogP contribution in [0.1, 0.15) is 46.0 Å². The molecule has 1 fully saturated rings. The highest BCUT2D eigenvalue weighted by Gasteiger charge is 2.55. The molecular formula is C21H32O8. The van der Waals surface area contributed by atoms with Crippen LogP contribution < -0.4 is 0 Å². The van der Waals surface area contributed by atoms with Gasteiger partial charge in [-0.3, -0.25) is 0 Å². The SMILES string of the molecule is C=C(/C=C/C1=C(C)CCCC1)OC1(C(=O)O)CC(O)C(C)C(C(O)C(O)CO)O1. The summed E-state index contributed by atoms with van der Waals surface area (Å²) in [6, 6.07) is 0. The minimum atomic E-state index is -2.27. The van der Waals surface area contributed by atoms with Crippen LogP contribution in [0.15, 0.2) is 35.6 Å². The van der Waals surface area contributed by atoms with Crippen molar-refractivity contribution in [1.29, 1.82) is 0 Å². The monoisotopic (exact) mass is 412 g/mol. The molecule has 0 radical (unpaired) electrons. The fourth-order valence-electron chi connectivity index (χ4n) is 3.75. The first-order valence-corrected chi connectivity index (χ1v) is 9.92. The normalized spacial score (nSPS) is 32.8. The Balaban J connectivity index is 2.21. The zero-order valence-electron chi connectivity index (χ0n) is 17.0. The molecule has 0 aromatic carbocycles. The molecule has 0 amide bonds. The topological polar surface area (TPSA) is 137 Å². The first-order chi connectivity index (χ1) is 13.6. The second-order valence-electron chi connectivity index (χ2n) is 7.93. The van der Waals surface area contributed by atoms with E-state index < -0.39 is 48.7 Å². The molecule has 2 aliphatic rings. The van der Waals surface area contributed by atoms with E-state index in [2.05, 4.69) is 13.5 Å². The summed E-state index contributed by atoms with van der Waals surface area (Å²) in [5.74, 6) is -4.41. The number of aliphatic hydroxyl groups is 4. The summed E-state index contributed by atoms with van der Waals surface area (Å²) in [6.07, 6.45) is 1.62. The van der Waals surface area contributed by atoms with E-state index in [1.54, 1.807) is 13.0 Å². The molecule has 5 N–H and O–H groups in total. The van der Waals surface area contributed by atoms with Gasteiger partial charge in [-0.05, 0) is 44.3 Å². The fourth-order valence-corrected chi connectivity index (χ4v) is 3.75. The van der Waals surface area contributed by atoms with Crippen molar-refractivity contribution in [3.63, 3.8) is 0 Å². The Kier molecular flexibility index (Phi) is 8.02. The lowest BCUT2D eigenvalue weighted by Crippen LogP contribution is -2.61. The largest absolute Gasteiger partial charge is 0.476 e. The van der Waals surface area contributed by atoms with E-state index in [1.807, 2.05) is 6.08 Å². The smallest absolute Gasteiger partial charge is 0.377 e. The zero-order chi connectivity index (χ0) is 21.8. The van der Waals surface area contributed by atoms with Crippen LogP contribution in [0.5, 0.6) is 0 Å². The van der Waals surface area contributed by atoms with Crippen molar-refractivity contribution in [2.24, 2.45) is 5.92 Å². The quantitative estimate of drug-likeness (QED) is 0.297. The van der Waals surface area contributed by atoms with E-state index >= 15 is 0 Å². The number of carbonyl (C=O) groups is 1. The van der Waals surface area contributed by atoms with Gasteiger partial charge in [0.05, 0.1) is 25.2 Å². The van der Waals surface area contributed by atoms with E-state index in [0.29, 0.717) is 0 Å². The molecule has 0 aromatic rings. The van der Waals surface area contributed by atoms with Gasteiger partial charge in [0.2, 0.25) is 0 Å². The van der Waals surface area contributed by atoms with Gasteiger partial charge in [0.25, 0.3) is 0 Å². The van der Waals surface area contributed by atoms with Crippen LogP contribution in [-0.2, 0) is 14.3 Å². The highest BCUT2D eigenvalue weighted by atomic mass is 16.7. The van der Waals surface area contributed by atoms with Crippen LogP contribution >= 0.6 is 0 Å².